The summed E-state index contributed by atoms with van der Waals surface area (Å²) in [5, 5.41) is 8.07. The number of aryl methyl sites for hydroxylation is 1. The van der Waals surface area contributed by atoms with Crippen molar-refractivity contribution in [3.63, 3.8) is 0 Å². The highest BCUT2D eigenvalue weighted by Gasteiger charge is 2.22. The van der Waals surface area contributed by atoms with Crippen LogP contribution in [-0.4, -0.2) is 27.2 Å². The van der Waals surface area contributed by atoms with Gasteiger partial charge in [0, 0.05) is 24.7 Å². The fraction of sp³-hybridized carbons (Fsp3) is 0.350. The van der Waals surface area contributed by atoms with Crippen LogP contribution in [0.1, 0.15) is 42.4 Å². The van der Waals surface area contributed by atoms with Crippen molar-refractivity contribution in [3.05, 3.63) is 59.4 Å². The quantitative estimate of drug-likeness (QED) is 0.796. The van der Waals surface area contributed by atoms with Crippen LogP contribution in [0.5, 0.6) is 0 Å². The van der Waals surface area contributed by atoms with Crippen molar-refractivity contribution < 1.29 is 4.79 Å². The number of fused-ring (bicyclic) bond motifs is 1. The molecule has 5 heteroatoms. The van der Waals surface area contributed by atoms with E-state index >= 15 is 0 Å². The van der Waals surface area contributed by atoms with Crippen molar-refractivity contribution in [1.29, 1.82) is 0 Å². The Morgan fingerprint density at radius 3 is 2.60 bits per heavy atom. The van der Waals surface area contributed by atoms with E-state index in [9.17, 15) is 4.79 Å². The van der Waals surface area contributed by atoms with Gasteiger partial charge in [0.1, 0.15) is 0 Å². The molecule has 0 unspecified atom stereocenters. The van der Waals surface area contributed by atoms with Gasteiger partial charge in [-0.2, -0.15) is 5.10 Å². The summed E-state index contributed by atoms with van der Waals surface area (Å²) in [5.74, 6) is -0.0816. The first-order chi connectivity index (χ1) is 11.9. The van der Waals surface area contributed by atoms with E-state index in [0.717, 1.165) is 23.1 Å². The second kappa shape index (κ2) is 6.67. The smallest absolute Gasteiger partial charge is 0.252 e. The van der Waals surface area contributed by atoms with Crippen molar-refractivity contribution >= 4 is 16.9 Å². The molecular weight excluding hydrogens is 312 g/mol. The number of nitrogens with one attached hydrogen (secondary N) is 1. The van der Waals surface area contributed by atoms with Gasteiger partial charge in [-0.25, -0.2) is 4.98 Å². The lowest BCUT2D eigenvalue weighted by Gasteiger charge is -2.19. The van der Waals surface area contributed by atoms with E-state index in [1.54, 1.807) is 10.9 Å². The van der Waals surface area contributed by atoms with Crippen LogP contribution in [0.2, 0.25) is 0 Å². The molecule has 0 saturated carbocycles. The van der Waals surface area contributed by atoms with Gasteiger partial charge < -0.3 is 5.32 Å². The Kier molecular flexibility index (Phi) is 4.57. The Bertz CT molecular complexity index is 891. The Balaban J connectivity index is 1.85. The number of rotatable bonds is 4. The number of carbonyl (C=O) groups excluding carboxylic acids is 1. The number of hydrogen-bond acceptors (Lipinski definition) is 3. The third-order valence-corrected chi connectivity index (χ3v) is 4.26. The molecule has 0 saturated heterocycles. The monoisotopic (exact) mass is 336 g/mol. The summed E-state index contributed by atoms with van der Waals surface area (Å²) >= 11 is 0. The molecule has 0 bridgehead atoms. The fourth-order valence-electron chi connectivity index (χ4n) is 2.75. The molecule has 25 heavy (non-hydrogen) atoms. The van der Waals surface area contributed by atoms with Gasteiger partial charge in [-0.15, -0.1) is 0 Å². The number of hydrogen-bond donors (Lipinski definition) is 1. The van der Waals surface area contributed by atoms with Crippen molar-refractivity contribution in [2.75, 3.05) is 6.54 Å². The van der Waals surface area contributed by atoms with Crippen molar-refractivity contribution in [3.8, 4) is 0 Å². The van der Waals surface area contributed by atoms with E-state index in [1.807, 2.05) is 31.3 Å². The van der Waals surface area contributed by atoms with Crippen LogP contribution < -0.4 is 5.32 Å². The summed E-state index contributed by atoms with van der Waals surface area (Å²) in [6.07, 6.45) is 2.51. The second-order valence-electron chi connectivity index (χ2n) is 7.30. The zero-order valence-corrected chi connectivity index (χ0v) is 15.2. The van der Waals surface area contributed by atoms with Crippen LogP contribution in [0.4, 0.5) is 0 Å². The summed E-state index contributed by atoms with van der Waals surface area (Å²) in [4.78, 5) is 17.5. The molecule has 0 radical (unpaired) electrons. The number of pyridine rings is 1. The van der Waals surface area contributed by atoms with E-state index in [0.29, 0.717) is 12.1 Å². The molecule has 3 rings (SSSR count). The summed E-state index contributed by atoms with van der Waals surface area (Å²) in [7, 11) is 1.85. The molecule has 2 aromatic heterocycles. The van der Waals surface area contributed by atoms with Gasteiger partial charge in [-0.05, 0) is 18.1 Å². The maximum atomic E-state index is 12.8. The van der Waals surface area contributed by atoms with Gasteiger partial charge in [0.15, 0.2) is 5.65 Å². The first kappa shape index (κ1) is 17.1. The van der Waals surface area contributed by atoms with E-state index in [1.165, 1.54) is 5.56 Å². The largest absolute Gasteiger partial charge is 0.352 e. The van der Waals surface area contributed by atoms with Gasteiger partial charge in [0.2, 0.25) is 0 Å². The van der Waals surface area contributed by atoms with E-state index in [2.05, 4.69) is 43.3 Å². The van der Waals surface area contributed by atoms with Crippen LogP contribution in [0.3, 0.4) is 0 Å². The maximum absolute atomic E-state index is 12.8. The normalized spacial score (nSPS) is 11.7. The van der Waals surface area contributed by atoms with Gasteiger partial charge in [-0.3, -0.25) is 9.48 Å². The van der Waals surface area contributed by atoms with Crippen molar-refractivity contribution in [2.24, 2.45) is 7.05 Å². The summed E-state index contributed by atoms with van der Waals surface area (Å²) in [6, 6.07) is 12.0. The molecule has 0 fully saturated rings. The van der Waals surface area contributed by atoms with Crippen LogP contribution in [0, 0.1) is 0 Å². The van der Waals surface area contributed by atoms with E-state index in [4.69, 9.17) is 4.98 Å². The summed E-state index contributed by atoms with van der Waals surface area (Å²) < 4.78 is 1.71. The van der Waals surface area contributed by atoms with Crippen LogP contribution >= 0.6 is 0 Å². The zero-order chi connectivity index (χ0) is 18.0. The van der Waals surface area contributed by atoms with Crippen molar-refractivity contribution in [2.45, 2.75) is 32.6 Å². The van der Waals surface area contributed by atoms with E-state index < -0.39 is 0 Å². The average Bonchev–Trinajstić information content (AvgIpc) is 2.95. The highest BCUT2D eigenvalue weighted by atomic mass is 16.1. The second-order valence-corrected chi connectivity index (χ2v) is 7.30. The Hall–Kier alpha value is -2.69. The molecule has 0 atom stereocenters. The number of aromatic nitrogens is 3. The summed E-state index contributed by atoms with van der Waals surface area (Å²) in [5.41, 5.74) is 3.32. The van der Waals surface area contributed by atoms with Gasteiger partial charge >= 0.3 is 0 Å². The Morgan fingerprint density at radius 1 is 1.20 bits per heavy atom. The summed E-state index contributed by atoms with van der Waals surface area (Å²) in [6.45, 7) is 6.87. The number of amides is 1. The zero-order valence-electron chi connectivity index (χ0n) is 15.2. The molecule has 3 aromatic rings. The molecule has 0 aliphatic carbocycles. The first-order valence-electron chi connectivity index (χ1n) is 8.51. The van der Waals surface area contributed by atoms with Gasteiger partial charge in [0.25, 0.3) is 5.91 Å². The topological polar surface area (TPSA) is 59.8 Å². The van der Waals surface area contributed by atoms with Gasteiger partial charge in [-0.1, -0.05) is 51.1 Å². The highest BCUT2D eigenvalue weighted by Crippen LogP contribution is 2.25. The standard InChI is InChI=1S/C20H24N4O/c1-20(2,3)17-12-15(16-13-22-24(4)18(16)23-17)19(25)21-11-10-14-8-6-5-7-9-14/h5-9,12-13H,10-11H2,1-4H3,(H,21,25). The molecule has 0 spiro atoms. The van der Waals surface area contributed by atoms with E-state index in [-0.39, 0.29) is 11.3 Å². The number of nitrogens with zero attached hydrogens (tertiary/aromatic N) is 3. The third kappa shape index (κ3) is 3.71. The predicted molar refractivity (Wildman–Crippen MR) is 99.7 cm³/mol. The fourth-order valence-corrected chi connectivity index (χ4v) is 2.75. The van der Waals surface area contributed by atoms with Crippen LogP contribution in [0.25, 0.3) is 11.0 Å². The lowest BCUT2D eigenvalue weighted by Crippen LogP contribution is -2.27. The third-order valence-electron chi connectivity index (χ3n) is 4.26. The first-order valence-corrected chi connectivity index (χ1v) is 8.51. The Morgan fingerprint density at radius 2 is 1.92 bits per heavy atom. The molecule has 1 N–H and O–H groups in total. The predicted octanol–water partition coefficient (Wildman–Crippen LogP) is 3.24. The molecule has 2 heterocycles. The maximum Gasteiger partial charge on any atom is 0.252 e. The lowest BCUT2D eigenvalue weighted by atomic mass is 9.90. The molecule has 1 amide bonds. The van der Waals surface area contributed by atoms with Crippen LogP contribution in [-0.2, 0) is 18.9 Å². The molecule has 1 aromatic carbocycles. The van der Waals surface area contributed by atoms with Crippen molar-refractivity contribution in [1.82, 2.24) is 20.1 Å². The average molecular weight is 336 g/mol. The minimum Gasteiger partial charge on any atom is -0.352 e. The molecular formula is C20H24N4O. The SMILES string of the molecule is Cn1ncc2c(C(=O)NCCc3ccccc3)cc(C(C)(C)C)nc21. The number of carbonyl (C=O) groups is 1. The molecule has 0 aliphatic heterocycles. The Labute approximate surface area is 148 Å². The minimum absolute atomic E-state index is 0.0816. The van der Waals surface area contributed by atoms with Gasteiger partial charge in [0.05, 0.1) is 17.1 Å². The lowest BCUT2D eigenvalue weighted by molar-refractivity contribution is 0.0955. The number of benzene rings is 1. The highest BCUT2D eigenvalue weighted by molar-refractivity contribution is 6.05. The molecule has 130 valence electrons. The minimum atomic E-state index is -0.141. The molecule has 5 nitrogen and oxygen atoms in total. The molecule has 0 aliphatic rings. The van der Waals surface area contributed by atoms with Crippen LogP contribution in [0.15, 0.2) is 42.6 Å².